The topological polar surface area (TPSA) is 24.1 Å². The number of hydrogen-bond acceptors (Lipinski definition) is 2. The zero-order chi connectivity index (χ0) is 9.86. The molecule has 1 saturated heterocycles. The first-order valence-electron chi connectivity index (χ1n) is 6.33. The molecular weight excluding hydrogens is 172 g/mol. The Kier molecular flexibility index (Phi) is 3.45. The second-order valence-electron chi connectivity index (χ2n) is 5.00. The van der Waals surface area contributed by atoms with Gasteiger partial charge in [0.1, 0.15) is 0 Å². The van der Waals surface area contributed by atoms with Gasteiger partial charge in [-0.1, -0.05) is 6.92 Å². The lowest BCUT2D eigenvalue weighted by molar-refractivity contribution is 0.176. The summed E-state index contributed by atoms with van der Waals surface area (Å²) in [7, 11) is 0. The maximum Gasteiger partial charge on any atom is 0.0178 e. The van der Waals surface area contributed by atoms with Gasteiger partial charge in [-0.2, -0.15) is 0 Å². The van der Waals surface area contributed by atoms with E-state index in [1.807, 2.05) is 0 Å². The molecule has 1 aliphatic carbocycles. The first-order valence-corrected chi connectivity index (χ1v) is 6.33. The molecule has 2 rings (SSSR count). The van der Waals surface area contributed by atoms with Crippen molar-refractivity contribution in [2.75, 3.05) is 13.1 Å². The molecule has 82 valence electrons. The van der Waals surface area contributed by atoms with Crippen LogP contribution in [0.15, 0.2) is 0 Å². The third kappa shape index (κ3) is 2.29. The molecule has 1 aliphatic heterocycles. The van der Waals surface area contributed by atoms with Crippen LogP contribution in [-0.4, -0.2) is 24.7 Å². The van der Waals surface area contributed by atoms with Gasteiger partial charge >= 0.3 is 0 Å². The molecule has 0 aromatic carbocycles. The van der Waals surface area contributed by atoms with Gasteiger partial charge in [-0.05, 0) is 58.0 Å². The van der Waals surface area contributed by atoms with E-state index < -0.39 is 0 Å². The van der Waals surface area contributed by atoms with E-state index in [-0.39, 0.29) is 0 Å². The summed E-state index contributed by atoms with van der Waals surface area (Å²) in [4.78, 5) is 0. The fourth-order valence-electron chi connectivity index (χ4n) is 2.77. The zero-order valence-electron chi connectivity index (χ0n) is 9.44. The maximum absolute atomic E-state index is 3.77. The third-order valence-electron chi connectivity index (χ3n) is 4.14. The summed E-state index contributed by atoms with van der Waals surface area (Å²) in [6, 6.07) is 0.802. The summed E-state index contributed by atoms with van der Waals surface area (Å²) < 4.78 is 0. The summed E-state index contributed by atoms with van der Waals surface area (Å²) in [6.07, 6.45) is 9.64. The molecule has 1 heterocycles. The Morgan fingerprint density at radius 1 is 1.36 bits per heavy atom. The van der Waals surface area contributed by atoms with Gasteiger partial charge in [-0.25, -0.2) is 0 Å². The van der Waals surface area contributed by atoms with Crippen molar-refractivity contribution in [1.29, 1.82) is 0 Å². The fraction of sp³-hybridized carbons (Fsp3) is 1.00. The minimum atomic E-state index is 0.540. The molecule has 0 bridgehead atoms. The minimum Gasteiger partial charge on any atom is -0.314 e. The zero-order valence-corrected chi connectivity index (χ0v) is 9.44. The highest BCUT2D eigenvalue weighted by atomic mass is 15.0. The summed E-state index contributed by atoms with van der Waals surface area (Å²) >= 11 is 0. The van der Waals surface area contributed by atoms with Gasteiger partial charge in [0.15, 0.2) is 0 Å². The largest absolute Gasteiger partial charge is 0.314 e. The number of hydrogen-bond donors (Lipinski definition) is 2. The highest BCUT2D eigenvalue weighted by molar-refractivity contribution is 4.94. The molecule has 0 amide bonds. The van der Waals surface area contributed by atoms with Gasteiger partial charge in [0.05, 0.1) is 0 Å². The summed E-state index contributed by atoms with van der Waals surface area (Å²) in [5, 5.41) is 7.33. The fourth-order valence-corrected chi connectivity index (χ4v) is 2.77. The summed E-state index contributed by atoms with van der Waals surface area (Å²) in [6.45, 7) is 4.77. The van der Waals surface area contributed by atoms with Crippen molar-refractivity contribution in [3.8, 4) is 0 Å². The molecule has 1 saturated carbocycles. The lowest BCUT2D eigenvalue weighted by Crippen LogP contribution is -2.51. The molecule has 2 aliphatic rings. The Labute approximate surface area is 87.8 Å². The van der Waals surface area contributed by atoms with E-state index in [0.717, 1.165) is 6.04 Å². The molecule has 0 aromatic rings. The normalized spacial score (nSPS) is 30.2. The predicted octanol–water partition coefficient (Wildman–Crippen LogP) is 2.05. The van der Waals surface area contributed by atoms with Crippen molar-refractivity contribution >= 4 is 0 Å². The standard InChI is InChI=1S/C12H24N2/c1-2-12(7-4-8-12)14-10-6-11-5-3-9-13-11/h11,13-14H,2-10H2,1H3. The van der Waals surface area contributed by atoms with Crippen LogP contribution in [0.4, 0.5) is 0 Å². The Morgan fingerprint density at radius 2 is 2.21 bits per heavy atom. The average molecular weight is 196 g/mol. The number of rotatable bonds is 5. The van der Waals surface area contributed by atoms with Crippen molar-refractivity contribution in [2.24, 2.45) is 0 Å². The van der Waals surface area contributed by atoms with Crippen LogP contribution < -0.4 is 10.6 Å². The lowest BCUT2D eigenvalue weighted by atomic mass is 9.75. The van der Waals surface area contributed by atoms with E-state index in [0.29, 0.717) is 5.54 Å². The molecule has 2 heteroatoms. The van der Waals surface area contributed by atoms with Crippen molar-refractivity contribution in [3.63, 3.8) is 0 Å². The van der Waals surface area contributed by atoms with Gasteiger partial charge < -0.3 is 10.6 Å². The van der Waals surface area contributed by atoms with E-state index in [9.17, 15) is 0 Å². The lowest BCUT2D eigenvalue weighted by Gasteiger charge is -2.42. The molecule has 1 unspecified atom stereocenters. The molecule has 14 heavy (non-hydrogen) atoms. The van der Waals surface area contributed by atoms with Crippen LogP contribution in [0.1, 0.15) is 51.9 Å². The minimum absolute atomic E-state index is 0.540. The van der Waals surface area contributed by atoms with Crippen LogP contribution in [-0.2, 0) is 0 Å². The monoisotopic (exact) mass is 196 g/mol. The van der Waals surface area contributed by atoms with E-state index in [2.05, 4.69) is 17.6 Å². The highest BCUT2D eigenvalue weighted by Crippen LogP contribution is 2.34. The van der Waals surface area contributed by atoms with E-state index in [4.69, 9.17) is 0 Å². The maximum atomic E-state index is 3.77. The molecule has 2 nitrogen and oxygen atoms in total. The van der Waals surface area contributed by atoms with Gasteiger partial charge in [-0.15, -0.1) is 0 Å². The smallest absolute Gasteiger partial charge is 0.0178 e. The van der Waals surface area contributed by atoms with Crippen molar-refractivity contribution in [1.82, 2.24) is 10.6 Å². The van der Waals surface area contributed by atoms with Gasteiger partial charge in [0.25, 0.3) is 0 Å². The summed E-state index contributed by atoms with van der Waals surface area (Å²) in [5.74, 6) is 0. The predicted molar refractivity (Wildman–Crippen MR) is 60.5 cm³/mol. The first-order chi connectivity index (χ1) is 6.85. The van der Waals surface area contributed by atoms with Crippen molar-refractivity contribution in [2.45, 2.75) is 63.5 Å². The molecule has 0 aromatic heterocycles. The van der Waals surface area contributed by atoms with E-state index in [1.54, 1.807) is 0 Å². The molecule has 0 radical (unpaired) electrons. The molecule has 2 N–H and O–H groups in total. The van der Waals surface area contributed by atoms with Gasteiger partial charge in [-0.3, -0.25) is 0 Å². The van der Waals surface area contributed by atoms with Crippen LogP contribution >= 0.6 is 0 Å². The second kappa shape index (κ2) is 4.63. The highest BCUT2D eigenvalue weighted by Gasteiger charge is 2.34. The Morgan fingerprint density at radius 3 is 2.71 bits per heavy atom. The molecular formula is C12H24N2. The van der Waals surface area contributed by atoms with Crippen molar-refractivity contribution in [3.05, 3.63) is 0 Å². The van der Waals surface area contributed by atoms with Crippen LogP contribution in [0.2, 0.25) is 0 Å². The summed E-state index contributed by atoms with van der Waals surface area (Å²) in [5.41, 5.74) is 0.540. The van der Waals surface area contributed by atoms with Crippen LogP contribution in [0, 0.1) is 0 Å². The molecule has 2 fully saturated rings. The van der Waals surface area contributed by atoms with Crippen LogP contribution in [0.3, 0.4) is 0 Å². The van der Waals surface area contributed by atoms with Crippen LogP contribution in [0.5, 0.6) is 0 Å². The Bertz CT molecular complexity index is 164. The Balaban J connectivity index is 1.61. The Hall–Kier alpha value is -0.0800. The SMILES string of the molecule is CCC1(NCCC2CCCN2)CCC1. The first kappa shape index (κ1) is 10.4. The molecule has 1 atom stereocenters. The third-order valence-corrected chi connectivity index (χ3v) is 4.14. The average Bonchev–Trinajstić information content (AvgIpc) is 2.62. The van der Waals surface area contributed by atoms with E-state index >= 15 is 0 Å². The van der Waals surface area contributed by atoms with Crippen molar-refractivity contribution < 1.29 is 0 Å². The quantitative estimate of drug-likeness (QED) is 0.703. The van der Waals surface area contributed by atoms with Crippen LogP contribution in [0.25, 0.3) is 0 Å². The van der Waals surface area contributed by atoms with E-state index in [1.165, 1.54) is 58.0 Å². The van der Waals surface area contributed by atoms with Gasteiger partial charge in [0, 0.05) is 11.6 Å². The molecule has 0 spiro atoms. The number of nitrogens with one attached hydrogen (secondary N) is 2. The van der Waals surface area contributed by atoms with Gasteiger partial charge in [0.2, 0.25) is 0 Å². The second-order valence-corrected chi connectivity index (χ2v) is 5.00.